The van der Waals surface area contributed by atoms with Crippen molar-refractivity contribution in [2.45, 2.75) is 31.8 Å². The van der Waals surface area contributed by atoms with E-state index in [-0.39, 0.29) is 0 Å². The summed E-state index contributed by atoms with van der Waals surface area (Å²) in [7, 11) is 0. The van der Waals surface area contributed by atoms with Gasteiger partial charge in [-0.3, -0.25) is 9.80 Å². The standard InChI is InChI=1S/C14H19Cl2N3/c15-13-4-3-11(14(16)17-13)9-18-8-5-12(10-18)19-6-1-2-7-19/h3-4,12H,1-2,5-10H2. The summed E-state index contributed by atoms with van der Waals surface area (Å²) in [4.78, 5) is 9.22. The second kappa shape index (κ2) is 5.96. The zero-order valence-corrected chi connectivity index (χ0v) is 12.5. The molecule has 104 valence electrons. The molecule has 0 spiro atoms. The topological polar surface area (TPSA) is 19.4 Å². The highest BCUT2D eigenvalue weighted by Gasteiger charge is 2.29. The number of aromatic nitrogens is 1. The highest BCUT2D eigenvalue weighted by Crippen LogP contribution is 2.24. The molecule has 3 nitrogen and oxygen atoms in total. The zero-order valence-electron chi connectivity index (χ0n) is 11.0. The van der Waals surface area contributed by atoms with E-state index in [1.54, 1.807) is 0 Å². The minimum Gasteiger partial charge on any atom is -0.299 e. The lowest BCUT2D eigenvalue weighted by atomic mass is 10.2. The zero-order chi connectivity index (χ0) is 13.2. The van der Waals surface area contributed by atoms with Gasteiger partial charge in [-0.1, -0.05) is 29.3 Å². The van der Waals surface area contributed by atoms with Crippen LogP contribution < -0.4 is 0 Å². The quantitative estimate of drug-likeness (QED) is 0.800. The van der Waals surface area contributed by atoms with Gasteiger partial charge in [-0.15, -0.1) is 0 Å². The maximum atomic E-state index is 6.14. The lowest BCUT2D eigenvalue weighted by Crippen LogP contribution is -2.35. The molecule has 0 amide bonds. The first-order valence-corrected chi connectivity index (χ1v) is 7.75. The van der Waals surface area contributed by atoms with Crippen molar-refractivity contribution in [2.75, 3.05) is 26.2 Å². The van der Waals surface area contributed by atoms with Crippen LogP contribution in [0, 0.1) is 0 Å². The molecule has 3 rings (SSSR count). The smallest absolute Gasteiger partial charge is 0.135 e. The Bertz CT molecular complexity index is 446. The average Bonchev–Trinajstić information content (AvgIpc) is 3.03. The van der Waals surface area contributed by atoms with Gasteiger partial charge in [0.1, 0.15) is 10.3 Å². The van der Waals surface area contributed by atoms with Crippen molar-refractivity contribution >= 4 is 23.2 Å². The van der Waals surface area contributed by atoms with Gasteiger partial charge in [-0.25, -0.2) is 4.98 Å². The van der Waals surface area contributed by atoms with Gasteiger partial charge in [0.05, 0.1) is 0 Å². The molecular weight excluding hydrogens is 281 g/mol. The molecule has 1 aromatic rings. The van der Waals surface area contributed by atoms with E-state index in [0.29, 0.717) is 10.3 Å². The van der Waals surface area contributed by atoms with E-state index in [1.807, 2.05) is 12.1 Å². The highest BCUT2D eigenvalue weighted by atomic mass is 35.5. The Morgan fingerprint density at radius 2 is 1.95 bits per heavy atom. The molecule has 3 heterocycles. The molecule has 5 heteroatoms. The predicted octanol–water partition coefficient (Wildman–Crippen LogP) is 3.06. The van der Waals surface area contributed by atoms with Crippen LogP contribution in [0.2, 0.25) is 10.3 Å². The number of nitrogens with zero attached hydrogens (tertiary/aromatic N) is 3. The predicted molar refractivity (Wildman–Crippen MR) is 78.7 cm³/mol. The van der Waals surface area contributed by atoms with Crippen molar-refractivity contribution in [3.05, 3.63) is 28.0 Å². The van der Waals surface area contributed by atoms with Gasteiger partial charge in [0.15, 0.2) is 0 Å². The summed E-state index contributed by atoms with van der Waals surface area (Å²) in [6.45, 7) is 5.75. The second-order valence-electron chi connectivity index (χ2n) is 5.50. The maximum Gasteiger partial charge on any atom is 0.135 e. The van der Waals surface area contributed by atoms with Crippen LogP contribution in [-0.2, 0) is 6.54 Å². The van der Waals surface area contributed by atoms with Gasteiger partial charge in [0.25, 0.3) is 0 Å². The van der Waals surface area contributed by atoms with Crippen molar-refractivity contribution in [1.82, 2.24) is 14.8 Å². The summed E-state index contributed by atoms with van der Waals surface area (Å²) in [5.74, 6) is 0. The third-order valence-corrected chi connectivity index (χ3v) is 4.73. The Morgan fingerprint density at radius 3 is 2.68 bits per heavy atom. The van der Waals surface area contributed by atoms with Crippen molar-refractivity contribution in [3.8, 4) is 0 Å². The summed E-state index contributed by atoms with van der Waals surface area (Å²) in [6, 6.07) is 4.54. The summed E-state index contributed by atoms with van der Waals surface area (Å²) >= 11 is 12.0. The van der Waals surface area contributed by atoms with Gasteiger partial charge < -0.3 is 0 Å². The van der Waals surface area contributed by atoms with Gasteiger partial charge in [0.2, 0.25) is 0 Å². The highest BCUT2D eigenvalue weighted by molar-refractivity contribution is 6.32. The molecule has 2 aliphatic heterocycles. The summed E-state index contributed by atoms with van der Waals surface area (Å²) in [6.07, 6.45) is 4.01. The first-order valence-electron chi connectivity index (χ1n) is 7.00. The fraction of sp³-hybridized carbons (Fsp3) is 0.643. The van der Waals surface area contributed by atoms with E-state index >= 15 is 0 Å². The molecule has 0 saturated carbocycles. The number of hydrogen-bond donors (Lipinski definition) is 0. The van der Waals surface area contributed by atoms with Crippen molar-refractivity contribution < 1.29 is 0 Å². The first kappa shape index (κ1) is 13.6. The van der Waals surface area contributed by atoms with Gasteiger partial charge >= 0.3 is 0 Å². The van der Waals surface area contributed by atoms with Crippen LogP contribution in [-0.4, -0.2) is 47.0 Å². The van der Waals surface area contributed by atoms with Gasteiger partial charge in [0, 0.05) is 31.2 Å². The van der Waals surface area contributed by atoms with E-state index in [1.165, 1.54) is 32.4 Å². The van der Waals surface area contributed by atoms with Crippen molar-refractivity contribution in [3.63, 3.8) is 0 Å². The SMILES string of the molecule is Clc1ccc(CN2CCC(N3CCCC3)C2)c(Cl)n1. The fourth-order valence-corrected chi connectivity index (χ4v) is 3.56. The Hall–Kier alpha value is -0.350. The van der Waals surface area contributed by atoms with E-state index in [9.17, 15) is 0 Å². The van der Waals surface area contributed by atoms with E-state index in [0.717, 1.165) is 31.2 Å². The molecule has 0 radical (unpaired) electrons. The third kappa shape index (κ3) is 3.22. The fourth-order valence-electron chi connectivity index (χ4n) is 3.16. The number of pyridine rings is 1. The molecule has 2 aliphatic rings. The van der Waals surface area contributed by atoms with Crippen molar-refractivity contribution in [2.24, 2.45) is 0 Å². The Kier molecular flexibility index (Phi) is 4.27. The molecule has 0 aromatic carbocycles. The lowest BCUT2D eigenvalue weighted by molar-refractivity contribution is 0.230. The van der Waals surface area contributed by atoms with Gasteiger partial charge in [-0.2, -0.15) is 0 Å². The van der Waals surface area contributed by atoms with Crippen LogP contribution in [0.4, 0.5) is 0 Å². The lowest BCUT2D eigenvalue weighted by Gasteiger charge is -2.23. The van der Waals surface area contributed by atoms with Crippen LogP contribution in [0.15, 0.2) is 12.1 Å². The number of rotatable bonds is 3. The Morgan fingerprint density at radius 1 is 1.16 bits per heavy atom. The summed E-state index contributed by atoms with van der Waals surface area (Å²) in [5.41, 5.74) is 1.08. The molecule has 1 atom stereocenters. The average molecular weight is 300 g/mol. The third-order valence-electron chi connectivity index (χ3n) is 4.19. The number of halogens is 2. The number of hydrogen-bond acceptors (Lipinski definition) is 3. The molecule has 1 aromatic heterocycles. The van der Waals surface area contributed by atoms with Crippen LogP contribution in [0.25, 0.3) is 0 Å². The maximum absolute atomic E-state index is 6.14. The number of likely N-dealkylation sites (tertiary alicyclic amines) is 2. The minimum atomic E-state index is 0.463. The van der Waals surface area contributed by atoms with E-state index < -0.39 is 0 Å². The monoisotopic (exact) mass is 299 g/mol. The largest absolute Gasteiger partial charge is 0.299 e. The van der Waals surface area contributed by atoms with Crippen molar-refractivity contribution in [1.29, 1.82) is 0 Å². The van der Waals surface area contributed by atoms with Crippen LogP contribution in [0.1, 0.15) is 24.8 Å². The Labute approximate surface area is 124 Å². The molecular formula is C14H19Cl2N3. The second-order valence-corrected chi connectivity index (χ2v) is 6.25. The van der Waals surface area contributed by atoms with Crippen LogP contribution >= 0.6 is 23.2 Å². The van der Waals surface area contributed by atoms with Crippen LogP contribution in [0.3, 0.4) is 0 Å². The molecule has 0 N–H and O–H groups in total. The summed E-state index contributed by atoms with van der Waals surface area (Å²) in [5, 5.41) is 1.00. The molecule has 2 saturated heterocycles. The normalized spacial score (nSPS) is 25.3. The molecule has 2 fully saturated rings. The minimum absolute atomic E-state index is 0.463. The van der Waals surface area contributed by atoms with Crippen LogP contribution in [0.5, 0.6) is 0 Å². The molecule has 19 heavy (non-hydrogen) atoms. The molecule has 1 unspecified atom stereocenters. The molecule has 0 aliphatic carbocycles. The summed E-state index contributed by atoms with van der Waals surface area (Å²) < 4.78 is 0. The van der Waals surface area contributed by atoms with E-state index in [4.69, 9.17) is 23.2 Å². The first-order chi connectivity index (χ1) is 9.22. The van der Waals surface area contributed by atoms with E-state index in [2.05, 4.69) is 14.8 Å². The Balaban J connectivity index is 1.59. The van der Waals surface area contributed by atoms with Gasteiger partial charge in [-0.05, 0) is 38.4 Å². The molecule has 0 bridgehead atoms.